The van der Waals surface area contributed by atoms with Crippen molar-refractivity contribution in [2.75, 3.05) is 7.05 Å². The molecule has 0 spiro atoms. The van der Waals surface area contributed by atoms with Crippen LogP contribution in [0, 0.1) is 6.92 Å². The lowest BCUT2D eigenvalue weighted by Gasteiger charge is -2.27. The number of aryl methyl sites for hydroxylation is 2. The maximum atomic E-state index is 12.4. The van der Waals surface area contributed by atoms with Crippen molar-refractivity contribution in [2.24, 2.45) is 0 Å². The van der Waals surface area contributed by atoms with Crippen LogP contribution >= 0.6 is 0 Å². The van der Waals surface area contributed by atoms with Crippen LogP contribution in [0.2, 0.25) is 0 Å². The molecule has 0 fully saturated rings. The van der Waals surface area contributed by atoms with Crippen molar-refractivity contribution in [3.63, 3.8) is 0 Å². The van der Waals surface area contributed by atoms with Gasteiger partial charge < -0.3 is 14.6 Å². The summed E-state index contributed by atoms with van der Waals surface area (Å²) >= 11 is 0. The van der Waals surface area contributed by atoms with E-state index in [1.807, 2.05) is 25.3 Å². The van der Waals surface area contributed by atoms with Crippen LogP contribution in [-0.2, 0) is 19.4 Å². The number of hydrogen-bond donors (Lipinski definition) is 1. The third kappa shape index (κ3) is 3.47. The van der Waals surface area contributed by atoms with Crippen LogP contribution in [0.25, 0.3) is 0 Å². The van der Waals surface area contributed by atoms with E-state index in [0.717, 1.165) is 30.8 Å². The highest BCUT2D eigenvalue weighted by atomic mass is 16.3. The number of amides is 2. The second-order valence-corrected chi connectivity index (χ2v) is 6.91. The quantitative estimate of drug-likeness (QED) is 0.937. The second kappa shape index (κ2) is 6.71. The molecule has 2 aromatic rings. The fourth-order valence-electron chi connectivity index (χ4n) is 3.25. The molecule has 1 atom stereocenters. The summed E-state index contributed by atoms with van der Waals surface area (Å²) in [5.41, 5.74) is 2.57. The lowest BCUT2D eigenvalue weighted by atomic mass is 9.93. The van der Waals surface area contributed by atoms with Gasteiger partial charge in [-0.2, -0.15) is 5.10 Å². The van der Waals surface area contributed by atoms with Crippen LogP contribution in [0.15, 0.2) is 22.7 Å². The van der Waals surface area contributed by atoms with Crippen LogP contribution in [0.4, 0.5) is 4.79 Å². The Balaban J connectivity index is 1.59. The van der Waals surface area contributed by atoms with E-state index in [2.05, 4.69) is 28.9 Å². The summed E-state index contributed by atoms with van der Waals surface area (Å²) in [7, 11) is 1.79. The number of urea groups is 1. The summed E-state index contributed by atoms with van der Waals surface area (Å²) < 4.78 is 7.61. The third-order valence-electron chi connectivity index (χ3n) is 4.54. The molecule has 2 aromatic heterocycles. The normalized spacial score (nSPS) is 17.0. The smallest absolute Gasteiger partial charge is 0.317 e. The predicted octanol–water partition coefficient (Wildman–Crippen LogP) is 3.06. The van der Waals surface area contributed by atoms with Crippen molar-refractivity contribution in [2.45, 2.75) is 58.7 Å². The predicted molar refractivity (Wildman–Crippen MR) is 91.9 cm³/mol. The average molecular weight is 330 g/mol. The van der Waals surface area contributed by atoms with Gasteiger partial charge in [0.25, 0.3) is 0 Å². The first-order valence-corrected chi connectivity index (χ1v) is 8.56. The fraction of sp³-hybridized carbons (Fsp3) is 0.556. The van der Waals surface area contributed by atoms with Gasteiger partial charge in [-0.25, -0.2) is 4.79 Å². The molecule has 6 nitrogen and oxygen atoms in total. The molecule has 1 N–H and O–H groups in total. The Morgan fingerprint density at radius 2 is 2.29 bits per heavy atom. The number of furan rings is 1. The van der Waals surface area contributed by atoms with E-state index < -0.39 is 0 Å². The molecule has 0 saturated carbocycles. The Morgan fingerprint density at radius 3 is 2.96 bits per heavy atom. The van der Waals surface area contributed by atoms with Crippen LogP contribution in [-0.4, -0.2) is 33.8 Å². The zero-order valence-electron chi connectivity index (χ0n) is 14.9. The van der Waals surface area contributed by atoms with E-state index in [-0.39, 0.29) is 12.1 Å². The molecule has 0 saturated heterocycles. The zero-order chi connectivity index (χ0) is 17.3. The van der Waals surface area contributed by atoms with Gasteiger partial charge in [0.15, 0.2) is 0 Å². The van der Waals surface area contributed by atoms with Gasteiger partial charge in [0.2, 0.25) is 0 Å². The molecular formula is C18H26N4O2. The maximum Gasteiger partial charge on any atom is 0.317 e. The minimum atomic E-state index is -0.0619. The highest BCUT2D eigenvalue weighted by molar-refractivity contribution is 5.74. The van der Waals surface area contributed by atoms with Crippen molar-refractivity contribution in [1.29, 1.82) is 0 Å². The first-order chi connectivity index (χ1) is 11.4. The van der Waals surface area contributed by atoms with E-state index in [1.165, 1.54) is 11.3 Å². The minimum Gasteiger partial charge on any atom is -0.464 e. The molecule has 6 heteroatoms. The molecule has 0 aromatic carbocycles. The zero-order valence-corrected chi connectivity index (χ0v) is 14.9. The van der Waals surface area contributed by atoms with E-state index in [1.54, 1.807) is 11.9 Å². The molecule has 0 bridgehead atoms. The van der Waals surface area contributed by atoms with E-state index in [4.69, 9.17) is 4.42 Å². The highest BCUT2D eigenvalue weighted by Crippen LogP contribution is 2.23. The number of aromatic nitrogens is 2. The van der Waals surface area contributed by atoms with Gasteiger partial charge in [-0.15, -0.1) is 0 Å². The minimum absolute atomic E-state index is 0.0619. The summed E-state index contributed by atoms with van der Waals surface area (Å²) in [6.07, 6.45) is 4.73. The van der Waals surface area contributed by atoms with Crippen LogP contribution in [0.5, 0.6) is 0 Å². The number of carbonyl (C=O) groups excluding carboxylic acids is 1. The first kappa shape index (κ1) is 16.6. The number of rotatable bonds is 4. The Labute approximate surface area is 142 Å². The Hall–Kier alpha value is -2.24. The summed E-state index contributed by atoms with van der Waals surface area (Å²) in [6.45, 7) is 6.64. The van der Waals surface area contributed by atoms with E-state index in [0.29, 0.717) is 12.6 Å². The van der Waals surface area contributed by atoms with Gasteiger partial charge in [0.05, 0.1) is 12.7 Å². The topological polar surface area (TPSA) is 63.3 Å². The van der Waals surface area contributed by atoms with Gasteiger partial charge in [0.1, 0.15) is 11.5 Å². The third-order valence-corrected chi connectivity index (χ3v) is 4.54. The molecule has 2 heterocycles. The summed E-state index contributed by atoms with van der Waals surface area (Å²) in [4.78, 5) is 14.1. The molecule has 0 unspecified atom stereocenters. The lowest BCUT2D eigenvalue weighted by molar-refractivity contribution is 0.197. The van der Waals surface area contributed by atoms with Crippen molar-refractivity contribution in [3.05, 3.63) is 41.1 Å². The van der Waals surface area contributed by atoms with Crippen LogP contribution in [0.1, 0.15) is 49.1 Å². The molecule has 130 valence electrons. The van der Waals surface area contributed by atoms with Gasteiger partial charge >= 0.3 is 6.03 Å². The van der Waals surface area contributed by atoms with E-state index >= 15 is 0 Å². The van der Waals surface area contributed by atoms with E-state index in [9.17, 15) is 4.79 Å². The van der Waals surface area contributed by atoms with Gasteiger partial charge in [-0.1, -0.05) is 0 Å². The molecule has 1 aliphatic rings. The molecule has 1 aliphatic carbocycles. The second-order valence-electron chi connectivity index (χ2n) is 6.91. The molecule has 24 heavy (non-hydrogen) atoms. The van der Waals surface area contributed by atoms with Crippen molar-refractivity contribution in [1.82, 2.24) is 20.0 Å². The molecule has 0 radical (unpaired) electrons. The number of hydrogen-bond acceptors (Lipinski definition) is 3. The number of fused-ring (bicyclic) bond motifs is 1. The largest absolute Gasteiger partial charge is 0.464 e. The fourth-order valence-corrected chi connectivity index (χ4v) is 3.25. The van der Waals surface area contributed by atoms with Crippen LogP contribution in [0.3, 0.4) is 0 Å². The summed E-state index contributed by atoms with van der Waals surface area (Å²) in [5, 5.41) is 7.63. The molecule has 2 amide bonds. The van der Waals surface area contributed by atoms with Gasteiger partial charge in [0, 0.05) is 31.2 Å². The van der Waals surface area contributed by atoms with Crippen molar-refractivity contribution >= 4 is 6.03 Å². The standard InChI is InChI=1S/C18H26N4O2/c1-12(2)22-17-9-15(7-6-14(17)10-19-22)20-18(23)21(4)11-16-8-5-13(3)24-16/h5,8,10,12,15H,6-7,9,11H2,1-4H3,(H,20,23)/t15-/m1/s1. The van der Waals surface area contributed by atoms with Gasteiger partial charge in [-0.3, -0.25) is 4.68 Å². The van der Waals surface area contributed by atoms with Crippen LogP contribution < -0.4 is 5.32 Å². The maximum absolute atomic E-state index is 12.4. The van der Waals surface area contributed by atoms with Gasteiger partial charge in [-0.05, 0) is 51.3 Å². The number of carbonyl (C=O) groups is 1. The molecular weight excluding hydrogens is 304 g/mol. The molecule has 3 rings (SSSR count). The monoisotopic (exact) mass is 330 g/mol. The summed E-state index contributed by atoms with van der Waals surface area (Å²) in [5.74, 6) is 1.66. The number of nitrogens with one attached hydrogen (secondary N) is 1. The van der Waals surface area contributed by atoms with Crippen molar-refractivity contribution in [3.8, 4) is 0 Å². The SMILES string of the molecule is Cc1ccc(CN(C)C(=O)N[C@@H]2CCc3cnn(C(C)C)c3C2)o1. The Kier molecular flexibility index (Phi) is 4.64. The lowest BCUT2D eigenvalue weighted by Crippen LogP contribution is -2.45. The summed E-state index contributed by atoms with van der Waals surface area (Å²) in [6, 6.07) is 4.26. The Morgan fingerprint density at radius 1 is 1.50 bits per heavy atom. The first-order valence-electron chi connectivity index (χ1n) is 8.56. The molecule has 0 aliphatic heterocycles. The number of nitrogens with zero attached hydrogens (tertiary/aromatic N) is 3. The highest BCUT2D eigenvalue weighted by Gasteiger charge is 2.25. The Bertz CT molecular complexity index is 716. The van der Waals surface area contributed by atoms with Crippen molar-refractivity contribution < 1.29 is 9.21 Å². The average Bonchev–Trinajstić information content (AvgIpc) is 3.12.